The molecule has 0 aromatic rings. The van der Waals surface area contributed by atoms with Gasteiger partial charge in [-0.2, -0.15) is 6.42 Å². The minimum Gasteiger partial charge on any atom is -0.343 e. The number of rotatable bonds is 2. The molecule has 3 heteroatoms. The van der Waals surface area contributed by atoms with Crippen molar-refractivity contribution in [3.05, 3.63) is 13.8 Å². The summed E-state index contributed by atoms with van der Waals surface area (Å²) >= 11 is 0. The Morgan fingerprint density at radius 1 is 1.60 bits per heavy atom. The smallest absolute Gasteiger partial charge is 0.343 e. The number of carbonyl (C=O) groups is 1. The Labute approximate surface area is 87.6 Å². The Morgan fingerprint density at radius 2 is 1.90 bits per heavy atom. The molecule has 10 heavy (non-hydrogen) atoms. The van der Waals surface area contributed by atoms with Crippen LogP contribution in [0.5, 0.6) is 0 Å². The topological polar surface area (TPSA) is 17.1 Å². The van der Waals surface area contributed by atoms with Gasteiger partial charge in [0.15, 0.2) is 6.04 Å². The summed E-state index contributed by atoms with van der Waals surface area (Å²) in [6.07, 6.45) is 3.65. The molecule has 0 aliphatic carbocycles. The van der Waals surface area contributed by atoms with Crippen LogP contribution in [-0.4, -0.2) is 6.04 Å². The Balaban J connectivity index is -0.0000000910. The first-order chi connectivity index (χ1) is 4.15. The molecule has 0 fully saturated rings. The van der Waals surface area contributed by atoms with Crippen molar-refractivity contribution in [1.82, 2.24) is 0 Å². The van der Waals surface area contributed by atoms with E-state index >= 15 is 0 Å². The predicted molar refractivity (Wildman–Crippen MR) is 36.4 cm³/mol. The zero-order valence-electron chi connectivity index (χ0n) is 6.40. The van der Waals surface area contributed by atoms with Crippen LogP contribution in [-0.2, 0) is 37.5 Å². The number of unbranched alkanes of at least 4 members (excludes halogenated alkanes) is 2. The third-order valence-electron chi connectivity index (χ3n) is 0.604. The van der Waals surface area contributed by atoms with Crippen LogP contribution in [0.1, 0.15) is 26.2 Å². The van der Waals surface area contributed by atoms with Crippen LogP contribution in [0.3, 0.4) is 0 Å². The van der Waals surface area contributed by atoms with Crippen molar-refractivity contribution in [2.45, 2.75) is 26.2 Å². The Bertz CT molecular complexity index is 60.6. The third kappa shape index (κ3) is 74.2. The number of hydrogen-bond donors (Lipinski definition) is 0. The van der Waals surface area contributed by atoms with Gasteiger partial charge in [-0.05, 0) is 0 Å². The summed E-state index contributed by atoms with van der Waals surface area (Å²) in [4.78, 5) is 8.67. The van der Waals surface area contributed by atoms with Gasteiger partial charge in [-0.1, -0.05) is 19.8 Å². The monoisotopic (exact) mass is 221 g/mol. The Hall–Kier alpha value is 0.574. The molecule has 0 heterocycles. The van der Waals surface area contributed by atoms with E-state index in [9.17, 15) is 4.39 Å². The predicted octanol–water partition coefficient (Wildman–Crippen LogP) is 2.32. The SMILES string of the molecule is [CH2-]C(=O)F.[CH2-]CCCC.[Y+3]. The van der Waals surface area contributed by atoms with Crippen molar-refractivity contribution in [3.63, 3.8) is 0 Å². The molecule has 0 saturated heterocycles. The summed E-state index contributed by atoms with van der Waals surface area (Å²) < 4.78 is 10.2. The van der Waals surface area contributed by atoms with E-state index in [0.717, 1.165) is 6.42 Å². The molecule has 0 N–H and O–H groups in total. The largest absolute Gasteiger partial charge is 3.00 e. The van der Waals surface area contributed by atoms with E-state index in [4.69, 9.17) is 4.79 Å². The summed E-state index contributed by atoms with van der Waals surface area (Å²) in [5, 5.41) is 0. The van der Waals surface area contributed by atoms with Crippen LogP contribution in [0.15, 0.2) is 0 Å². The summed E-state index contributed by atoms with van der Waals surface area (Å²) in [6.45, 7) is 8.18. The quantitative estimate of drug-likeness (QED) is 0.516. The van der Waals surface area contributed by atoms with Crippen molar-refractivity contribution < 1.29 is 41.9 Å². The molecule has 0 atom stereocenters. The van der Waals surface area contributed by atoms with E-state index < -0.39 is 6.04 Å². The fraction of sp³-hybridized carbons (Fsp3) is 0.571. The number of carbonyl (C=O) groups excluding carboxylic acids is 1. The molecule has 0 rings (SSSR count). The second kappa shape index (κ2) is 16.3. The molecule has 0 aliphatic heterocycles. The molecule has 0 aliphatic rings. The van der Waals surface area contributed by atoms with Crippen molar-refractivity contribution in [2.24, 2.45) is 0 Å². The molecule has 0 bridgehead atoms. The second-order valence-electron chi connectivity index (χ2n) is 1.56. The molecular weight excluding hydrogens is 208 g/mol. The van der Waals surface area contributed by atoms with Gasteiger partial charge in [0.2, 0.25) is 0 Å². The van der Waals surface area contributed by atoms with Gasteiger partial charge in [0.25, 0.3) is 0 Å². The van der Waals surface area contributed by atoms with E-state index in [1.165, 1.54) is 12.8 Å². The molecule has 0 amide bonds. The summed E-state index contributed by atoms with van der Waals surface area (Å²) in [6, 6.07) is -1.58. The van der Waals surface area contributed by atoms with Gasteiger partial charge in [-0.3, -0.25) is 4.79 Å². The first kappa shape index (κ1) is 16.9. The molecule has 0 aromatic heterocycles. The molecule has 1 nitrogen and oxygen atoms in total. The maximum Gasteiger partial charge on any atom is 3.00 e. The van der Waals surface area contributed by atoms with Crippen LogP contribution in [0.2, 0.25) is 0 Å². The van der Waals surface area contributed by atoms with Crippen LogP contribution in [0.25, 0.3) is 0 Å². The molecule has 0 unspecified atom stereocenters. The average Bonchev–Trinajstić information content (AvgIpc) is 1.66. The molecular formula is C7H13FOY+. The van der Waals surface area contributed by atoms with Crippen molar-refractivity contribution >= 4 is 6.04 Å². The van der Waals surface area contributed by atoms with Gasteiger partial charge >= 0.3 is 32.7 Å². The summed E-state index contributed by atoms with van der Waals surface area (Å²) in [7, 11) is 0. The summed E-state index contributed by atoms with van der Waals surface area (Å²) in [5.41, 5.74) is 0. The van der Waals surface area contributed by atoms with Crippen LogP contribution in [0.4, 0.5) is 4.39 Å². The van der Waals surface area contributed by atoms with Crippen molar-refractivity contribution in [2.75, 3.05) is 0 Å². The maximum absolute atomic E-state index is 10.2. The van der Waals surface area contributed by atoms with Gasteiger partial charge < -0.3 is 13.8 Å². The van der Waals surface area contributed by atoms with Gasteiger partial charge in [-0.25, -0.2) is 4.39 Å². The van der Waals surface area contributed by atoms with Gasteiger partial charge in [0.05, 0.1) is 0 Å². The first-order valence-corrected chi connectivity index (χ1v) is 2.95. The zero-order chi connectivity index (χ0) is 7.70. The summed E-state index contributed by atoms with van der Waals surface area (Å²) in [5.74, 6) is 0. The number of hydrogen-bond acceptors (Lipinski definition) is 1. The van der Waals surface area contributed by atoms with Gasteiger partial charge in [0, 0.05) is 0 Å². The standard InChI is InChI=1S/C5H11.C2H2FO.Y/c1-3-5-4-2;1-2(3)4;/h1,3-5H2,2H3;1H2;/q2*-1;+3. The van der Waals surface area contributed by atoms with Gasteiger partial charge in [0.1, 0.15) is 0 Å². The van der Waals surface area contributed by atoms with Crippen molar-refractivity contribution in [1.29, 1.82) is 0 Å². The maximum atomic E-state index is 10.2. The number of halogens is 1. The second-order valence-corrected chi connectivity index (χ2v) is 1.56. The van der Waals surface area contributed by atoms with E-state index in [1.54, 1.807) is 0 Å². The molecule has 0 spiro atoms. The Kier molecular flexibility index (Phi) is 27.5. The zero-order valence-corrected chi connectivity index (χ0v) is 9.24. The van der Waals surface area contributed by atoms with Crippen LogP contribution >= 0.6 is 0 Å². The fourth-order valence-electron chi connectivity index (χ4n) is 0.250. The third-order valence-corrected chi connectivity index (χ3v) is 0.604. The normalized spacial score (nSPS) is 6.70. The minimum absolute atomic E-state index is 0. The molecule has 0 aromatic carbocycles. The van der Waals surface area contributed by atoms with Gasteiger partial charge in [-0.15, -0.1) is 0 Å². The van der Waals surface area contributed by atoms with E-state index in [1.807, 2.05) is 0 Å². The minimum atomic E-state index is -1.58. The molecule has 0 radical (unpaired) electrons. The van der Waals surface area contributed by atoms with Crippen LogP contribution in [0, 0.1) is 13.8 Å². The molecule has 56 valence electrons. The Morgan fingerprint density at radius 3 is 1.90 bits per heavy atom. The van der Waals surface area contributed by atoms with E-state index in [-0.39, 0.29) is 32.7 Å². The van der Waals surface area contributed by atoms with E-state index in [2.05, 4.69) is 20.8 Å². The fourth-order valence-corrected chi connectivity index (χ4v) is 0.250. The average molecular weight is 221 g/mol. The van der Waals surface area contributed by atoms with E-state index in [0.29, 0.717) is 0 Å². The molecule has 0 saturated carbocycles. The van der Waals surface area contributed by atoms with Crippen molar-refractivity contribution in [3.8, 4) is 0 Å². The van der Waals surface area contributed by atoms with Crippen LogP contribution < -0.4 is 0 Å². The first-order valence-electron chi connectivity index (χ1n) is 2.95.